The van der Waals surface area contributed by atoms with Gasteiger partial charge in [-0.25, -0.2) is 0 Å². The lowest BCUT2D eigenvalue weighted by molar-refractivity contribution is 0.284. The molecule has 2 nitrogen and oxygen atoms in total. The van der Waals surface area contributed by atoms with Crippen LogP contribution in [0.2, 0.25) is 0 Å². The predicted octanol–water partition coefficient (Wildman–Crippen LogP) is 3.00. The molecule has 0 bridgehead atoms. The molecule has 0 heterocycles. The summed E-state index contributed by atoms with van der Waals surface area (Å²) in [7, 11) is 3.82. The highest BCUT2D eigenvalue weighted by atomic mass is 35.5. The van der Waals surface area contributed by atoms with Crippen LogP contribution < -0.4 is 4.74 Å². The van der Waals surface area contributed by atoms with E-state index in [4.69, 9.17) is 16.3 Å². The molecule has 0 radical (unpaired) electrons. The van der Waals surface area contributed by atoms with E-state index in [9.17, 15) is 0 Å². The van der Waals surface area contributed by atoms with Crippen molar-refractivity contribution in [2.75, 3.05) is 26.6 Å². The van der Waals surface area contributed by atoms with Crippen molar-refractivity contribution in [3.63, 3.8) is 0 Å². The second-order valence-electron chi connectivity index (χ2n) is 4.27. The standard InChI is InChI=1S/C13H20ClNO/c1-11(8-14)9-15(2)10-12-6-4-5-7-13(12)16-3/h4-7,11H,8-10H2,1-3H3. The van der Waals surface area contributed by atoms with Gasteiger partial charge >= 0.3 is 0 Å². The summed E-state index contributed by atoms with van der Waals surface area (Å²) in [6.07, 6.45) is 0. The molecule has 90 valence electrons. The van der Waals surface area contributed by atoms with Gasteiger partial charge in [-0.2, -0.15) is 0 Å². The Kier molecular flexibility index (Phi) is 5.64. The fourth-order valence-electron chi connectivity index (χ4n) is 1.77. The molecule has 16 heavy (non-hydrogen) atoms. The van der Waals surface area contributed by atoms with Crippen LogP contribution in [0.5, 0.6) is 5.75 Å². The number of rotatable bonds is 6. The molecule has 1 unspecified atom stereocenters. The van der Waals surface area contributed by atoms with Gasteiger partial charge in [-0.3, -0.25) is 0 Å². The summed E-state index contributed by atoms with van der Waals surface area (Å²) >= 11 is 5.81. The number of ether oxygens (including phenoxy) is 1. The third kappa shape index (κ3) is 4.03. The molecule has 0 aliphatic carbocycles. The number of methoxy groups -OCH3 is 1. The van der Waals surface area contributed by atoms with Gasteiger partial charge in [0.25, 0.3) is 0 Å². The van der Waals surface area contributed by atoms with Crippen molar-refractivity contribution in [3.05, 3.63) is 29.8 Å². The van der Waals surface area contributed by atoms with E-state index in [1.165, 1.54) is 5.56 Å². The molecule has 0 saturated carbocycles. The van der Waals surface area contributed by atoms with Crippen molar-refractivity contribution in [1.82, 2.24) is 4.90 Å². The molecule has 0 spiro atoms. The number of para-hydroxylation sites is 1. The van der Waals surface area contributed by atoms with Crippen molar-refractivity contribution < 1.29 is 4.74 Å². The van der Waals surface area contributed by atoms with Gasteiger partial charge in [0.15, 0.2) is 0 Å². The van der Waals surface area contributed by atoms with Gasteiger partial charge in [-0.05, 0) is 19.0 Å². The number of hydrogen-bond donors (Lipinski definition) is 0. The SMILES string of the molecule is COc1ccccc1CN(C)CC(C)CCl. The fraction of sp³-hybridized carbons (Fsp3) is 0.538. The molecule has 1 aromatic rings. The number of halogens is 1. The van der Waals surface area contributed by atoms with Crippen LogP contribution in [0.3, 0.4) is 0 Å². The second-order valence-corrected chi connectivity index (χ2v) is 4.58. The molecule has 3 heteroatoms. The highest BCUT2D eigenvalue weighted by Crippen LogP contribution is 2.19. The van der Waals surface area contributed by atoms with Crippen molar-refractivity contribution in [3.8, 4) is 5.75 Å². The Hall–Kier alpha value is -0.730. The molecule has 1 rings (SSSR count). The predicted molar refractivity (Wildman–Crippen MR) is 69.2 cm³/mol. The van der Waals surface area contributed by atoms with Gasteiger partial charge in [0.2, 0.25) is 0 Å². The summed E-state index contributed by atoms with van der Waals surface area (Å²) in [4.78, 5) is 2.27. The van der Waals surface area contributed by atoms with E-state index in [0.29, 0.717) is 11.8 Å². The zero-order valence-electron chi connectivity index (χ0n) is 10.2. The zero-order chi connectivity index (χ0) is 12.0. The lowest BCUT2D eigenvalue weighted by Crippen LogP contribution is -2.24. The van der Waals surface area contributed by atoms with E-state index in [2.05, 4.69) is 24.9 Å². The first-order chi connectivity index (χ1) is 7.67. The quantitative estimate of drug-likeness (QED) is 0.710. The van der Waals surface area contributed by atoms with Crippen LogP contribution in [-0.4, -0.2) is 31.5 Å². The normalized spacial score (nSPS) is 12.8. The Balaban J connectivity index is 2.58. The lowest BCUT2D eigenvalue weighted by atomic mass is 10.1. The average molecular weight is 242 g/mol. The lowest BCUT2D eigenvalue weighted by Gasteiger charge is -2.21. The topological polar surface area (TPSA) is 12.5 Å². The minimum absolute atomic E-state index is 0.515. The average Bonchev–Trinajstić information content (AvgIpc) is 2.29. The summed E-state index contributed by atoms with van der Waals surface area (Å²) in [5.41, 5.74) is 1.22. The molecular weight excluding hydrogens is 222 g/mol. The molecule has 1 aromatic carbocycles. The van der Waals surface area contributed by atoms with Crippen LogP contribution in [0.1, 0.15) is 12.5 Å². The largest absolute Gasteiger partial charge is 0.496 e. The zero-order valence-corrected chi connectivity index (χ0v) is 11.0. The van der Waals surface area contributed by atoms with E-state index >= 15 is 0 Å². The van der Waals surface area contributed by atoms with Crippen LogP contribution in [0.15, 0.2) is 24.3 Å². The van der Waals surface area contributed by atoms with Crippen LogP contribution in [0, 0.1) is 5.92 Å². The van der Waals surface area contributed by atoms with Crippen molar-refractivity contribution >= 4 is 11.6 Å². The summed E-state index contributed by atoms with van der Waals surface area (Å²) in [5.74, 6) is 2.17. The fourth-order valence-corrected chi connectivity index (χ4v) is 1.87. The van der Waals surface area contributed by atoms with E-state index < -0.39 is 0 Å². The first kappa shape index (κ1) is 13.3. The van der Waals surface area contributed by atoms with Crippen LogP contribution in [-0.2, 0) is 6.54 Å². The van der Waals surface area contributed by atoms with Gasteiger partial charge in [-0.1, -0.05) is 25.1 Å². The Labute approximate surface area is 103 Å². The third-order valence-corrected chi connectivity index (χ3v) is 3.05. The maximum atomic E-state index is 5.81. The highest BCUT2D eigenvalue weighted by molar-refractivity contribution is 6.18. The minimum atomic E-state index is 0.515. The summed E-state index contributed by atoms with van der Waals surface area (Å²) in [5, 5.41) is 0. The van der Waals surface area contributed by atoms with E-state index in [1.54, 1.807) is 7.11 Å². The molecule has 0 saturated heterocycles. The molecule has 0 aromatic heterocycles. The van der Waals surface area contributed by atoms with Crippen LogP contribution in [0.4, 0.5) is 0 Å². The Morgan fingerprint density at radius 3 is 2.69 bits per heavy atom. The molecular formula is C13H20ClNO. The Morgan fingerprint density at radius 2 is 2.06 bits per heavy atom. The van der Waals surface area contributed by atoms with Crippen molar-refractivity contribution in [2.24, 2.45) is 5.92 Å². The van der Waals surface area contributed by atoms with Gasteiger partial charge in [-0.15, -0.1) is 11.6 Å². The maximum Gasteiger partial charge on any atom is 0.123 e. The number of hydrogen-bond acceptors (Lipinski definition) is 2. The molecule has 0 fully saturated rings. The summed E-state index contributed by atoms with van der Waals surface area (Å²) < 4.78 is 5.32. The van der Waals surface area contributed by atoms with Crippen LogP contribution in [0.25, 0.3) is 0 Å². The second kappa shape index (κ2) is 6.77. The van der Waals surface area contributed by atoms with Gasteiger partial charge in [0.05, 0.1) is 7.11 Å². The summed E-state index contributed by atoms with van der Waals surface area (Å²) in [6, 6.07) is 8.12. The minimum Gasteiger partial charge on any atom is -0.496 e. The number of alkyl halides is 1. The van der Waals surface area contributed by atoms with Gasteiger partial charge in [0, 0.05) is 24.5 Å². The third-order valence-electron chi connectivity index (χ3n) is 2.52. The smallest absolute Gasteiger partial charge is 0.123 e. The molecule has 1 atom stereocenters. The van der Waals surface area contributed by atoms with Gasteiger partial charge in [0.1, 0.15) is 5.75 Å². The Morgan fingerprint density at radius 1 is 1.38 bits per heavy atom. The van der Waals surface area contributed by atoms with E-state index in [-0.39, 0.29) is 0 Å². The molecule has 0 aliphatic heterocycles. The van der Waals surface area contributed by atoms with Crippen molar-refractivity contribution in [1.29, 1.82) is 0 Å². The monoisotopic (exact) mass is 241 g/mol. The maximum absolute atomic E-state index is 5.81. The molecule has 0 N–H and O–H groups in total. The summed E-state index contributed by atoms with van der Waals surface area (Å²) in [6.45, 7) is 4.05. The number of nitrogens with zero attached hydrogens (tertiary/aromatic N) is 1. The van der Waals surface area contributed by atoms with E-state index in [0.717, 1.165) is 18.8 Å². The van der Waals surface area contributed by atoms with Gasteiger partial charge < -0.3 is 9.64 Å². The Bertz CT molecular complexity index is 317. The van der Waals surface area contributed by atoms with E-state index in [1.807, 2.05) is 18.2 Å². The number of benzene rings is 1. The van der Waals surface area contributed by atoms with Crippen molar-refractivity contribution in [2.45, 2.75) is 13.5 Å². The molecule has 0 aliphatic rings. The first-order valence-corrected chi connectivity index (χ1v) is 6.07. The molecule has 0 amide bonds. The van der Waals surface area contributed by atoms with Crippen LogP contribution >= 0.6 is 11.6 Å². The highest BCUT2D eigenvalue weighted by Gasteiger charge is 2.08. The first-order valence-electron chi connectivity index (χ1n) is 5.53.